The smallest absolute Gasteiger partial charge is 0.321 e. The number of aryl methyl sites for hydroxylation is 1. The molecule has 3 aromatic carbocycles. The van der Waals surface area contributed by atoms with Gasteiger partial charge < -0.3 is 24.4 Å². The van der Waals surface area contributed by atoms with Crippen LogP contribution in [-0.2, 0) is 0 Å². The van der Waals surface area contributed by atoms with Crippen molar-refractivity contribution in [1.29, 1.82) is 0 Å². The van der Waals surface area contributed by atoms with Crippen LogP contribution in [0.4, 0.5) is 10.5 Å². The van der Waals surface area contributed by atoms with Crippen molar-refractivity contribution in [2.75, 3.05) is 38.6 Å². The van der Waals surface area contributed by atoms with E-state index in [9.17, 15) is 9.59 Å². The van der Waals surface area contributed by atoms with E-state index in [4.69, 9.17) is 16.3 Å². The molecule has 0 aliphatic carbocycles. The van der Waals surface area contributed by atoms with Gasteiger partial charge in [0.05, 0.1) is 18.4 Å². The molecule has 0 spiro atoms. The van der Waals surface area contributed by atoms with Gasteiger partial charge in [-0.05, 0) is 61.9 Å². The number of hydrogen-bond acceptors (Lipinski definition) is 3. The van der Waals surface area contributed by atoms with E-state index < -0.39 is 0 Å². The Labute approximate surface area is 233 Å². The first-order valence-electron chi connectivity index (χ1n) is 12.9. The highest BCUT2D eigenvalue weighted by Gasteiger charge is 2.28. The van der Waals surface area contributed by atoms with Crippen LogP contribution >= 0.6 is 11.6 Å². The summed E-state index contributed by atoms with van der Waals surface area (Å²) in [6.07, 6.45) is 0. The Morgan fingerprint density at radius 1 is 0.846 bits per heavy atom. The van der Waals surface area contributed by atoms with Crippen LogP contribution in [0.2, 0.25) is 5.02 Å². The summed E-state index contributed by atoms with van der Waals surface area (Å²) in [5.74, 6) is 0.706. The zero-order chi connectivity index (χ0) is 27.5. The number of urea groups is 1. The summed E-state index contributed by atoms with van der Waals surface area (Å²) in [5, 5.41) is 3.51. The van der Waals surface area contributed by atoms with Gasteiger partial charge >= 0.3 is 6.03 Å². The zero-order valence-electron chi connectivity index (χ0n) is 22.3. The van der Waals surface area contributed by atoms with Gasteiger partial charge in [0.2, 0.25) is 0 Å². The number of rotatable bonds is 5. The Hall–Kier alpha value is -4.23. The van der Waals surface area contributed by atoms with Gasteiger partial charge in [0.1, 0.15) is 5.75 Å². The predicted molar refractivity (Wildman–Crippen MR) is 155 cm³/mol. The minimum Gasteiger partial charge on any atom is -0.497 e. The van der Waals surface area contributed by atoms with Gasteiger partial charge in [-0.25, -0.2) is 4.79 Å². The van der Waals surface area contributed by atoms with Crippen LogP contribution in [0.15, 0.2) is 78.9 Å². The number of nitrogens with zero attached hydrogens (tertiary/aromatic N) is 3. The standard InChI is InChI=1S/C31H31ClN4O3/c1-21-12-13-24(19-28(21)32)33-31(38)35-16-14-34(15-17-35)30(37)27-20-29(23-8-7-11-26(18-23)39-3)36(22(27)2)25-9-5-4-6-10-25/h4-13,18-20H,14-17H2,1-3H3,(H,33,38). The lowest BCUT2D eigenvalue weighted by Crippen LogP contribution is -2.51. The van der Waals surface area contributed by atoms with Crippen molar-refractivity contribution in [1.82, 2.24) is 14.4 Å². The quantitative estimate of drug-likeness (QED) is 0.317. The topological polar surface area (TPSA) is 66.8 Å². The molecule has 3 amide bonds. The summed E-state index contributed by atoms with van der Waals surface area (Å²) in [7, 11) is 1.64. The van der Waals surface area contributed by atoms with Crippen LogP contribution in [0.5, 0.6) is 5.75 Å². The van der Waals surface area contributed by atoms with E-state index in [0.717, 1.165) is 34.0 Å². The molecule has 200 valence electrons. The maximum absolute atomic E-state index is 13.8. The lowest BCUT2D eigenvalue weighted by atomic mass is 10.1. The maximum Gasteiger partial charge on any atom is 0.321 e. The highest BCUT2D eigenvalue weighted by atomic mass is 35.5. The van der Waals surface area contributed by atoms with Crippen LogP contribution in [0.3, 0.4) is 0 Å². The summed E-state index contributed by atoms with van der Waals surface area (Å²) < 4.78 is 7.56. The molecule has 0 saturated carbocycles. The minimum atomic E-state index is -0.200. The van der Waals surface area contributed by atoms with Crippen molar-refractivity contribution in [2.45, 2.75) is 13.8 Å². The summed E-state index contributed by atoms with van der Waals surface area (Å²) in [6, 6.07) is 25.1. The van der Waals surface area contributed by atoms with Crippen molar-refractivity contribution < 1.29 is 14.3 Å². The number of hydrogen-bond donors (Lipinski definition) is 1. The van der Waals surface area contributed by atoms with Crippen LogP contribution in [0.25, 0.3) is 16.9 Å². The number of benzene rings is 3. The third-order valence-electron chi connectivity index (χ3n) is 7.13. The fraction of sp³-hybridized carbons (Fsp3) is 0.226. The largest absolute Gasteiger partial charge is 0.497 e. The van der Waals surface area contributed by atoms with Gasteiger partial charge in [0.15, 0.2) is 0 Å². The number of halogens is 1. The van der Waals surface area contributed by atoms with Gasteiger partial charge in [0, 0.05) is 53.8 Å². The summed E-state index contributed by atoms with van der Waals surface area (Å²) >= 11 is 6.20. The number of aromatic nitrogens is 1. The molecule has 1 fully saturated rings. The van der Waals surface area contributed by atoms with E-state index in [1.807, 2.05) is 91.5 Å². The first-order valence-corrected chi connectivity index (χ1v) is 13.3. The van der Waals surface area contributed by atoms with E-state index in [1.165, 1.54) is 0 Å². The molecule has 1 saturated heterocycles. The van der Waals surface area contributed by atoms with Gasteiger partial charge in [0.25, 0.3) is 5.91 Å². The van der Waals surface area contributed by atoms with Crippen molar-refractivity contribution in [3.63, 3.8) is 0 Å². The Bertz CT molecular complexity index is 1510. The van der Waals surface area contributed by atoms with Crippen molar-refractivity contribution in [3.8, 4) is 22.7 Å². The number of carbonyl (C=O) groups excluding carboxylic acids is 2. The molecule has 0 unspecified atom stereocenters. The van der Waals surface area contributed by atoms with E-state index in [0.29, 0.717) is 42.5 Å². The van der Waals surface area contributed by atoms with Gasteiger partial charge in [-0.2, -0.15) is 0 Å². The van der Waals surface area contributed by atoms with E-state index in [1.54, 1.807) is 18.1 Å². The van der Waals surface area contributed by atoms with Crippen LogP contribution in [0.1, 0.15) is 21.6 Å². The van der Waals surface area contributed by atoms with Gasteiger partial charge in [-0.3, -0.25) is 4.79 Å². The Kier molecular flexibility index (Phi) is 7.61. The molecular weight excluding hydrogens is 512 g/mol. The van der Waals surface area contributed by atoms with Crippen molar-refractivity contribution >= 4 is 29.2 Å². The second-order valence-electron chi connectivity index (χ2n) is 9.60. The number of para-hydroxylation sites is 1. The minimum absolute atomic E-state index is 0.0447. The summed E-state index contributed by atoms with van der Waals surface area (Å²) in [6.45, 7) is 5.67. The first kappa shape index (κ1) is 26.4. The molecular formula is C31H31ClN4O3. The molecule has 8 heteroatoms. The van der Waals surface area contributed by atoms with Gasteiger partial charge in [-0.1, -0.05) is 48.0 Å². The van der Waals surface area contributed by atoms with Crippen LogP contribution in [0, 0.1) is 13.8 Å². The number of nitrogens with one attached hydrogen (secondary N) is 1. The number of amides is 3. The Balaban J connectivity index is 1.36. The fourth-order valence-corrected chi connectivity index (χ4v) is 5.06. The monoisotopic (exact) mass is 542 g/mol. The van der Waals surface area contributed by atoms with E-state index in [-0.39, 0.29) is 11.9 Å². The Morgan fingerprint density at radius 2 is 1.56 bits per heavy atom. The number of anilines is 1. The van der Waals surface area contributed by atoms with Crippen LogP contribution in [-0.4, -0.2) is 59.6 Å². The zero-order valence-corrected chi connectivity index (χ0v) is 23.0. The molecule has 2 heterocycles. The van der Waals surface area contributed by atoms with E-state index in [2.05, 4.69) is 9.88 Å². The third-order valence-corrected chi connectivity index (χ3v) is 7.54. The van der Waals surface area contributed by atoms with E-state index >= 15 is 0 Å². The second-order valence-corrected chi connectivity index (χ2v) is 10.0. The molecule has 0 radical (unpaired) electrons. The summed E-state index contributed by atoms with van der Waals surface area (Å²) in [5.41, 5.74) is 5.95. The lowest BCUT2D eigenvalue weighted by molar-refractivity contribution is 0.0671. The highest BCUT2D eigenvalue weighted by molar-refractivity contribution is 6.31. The second kappa shape index (κ2) is 11.3. The number of carbonyl (C=O) groups is 2. The Morgan fingerprint density at radius 3 is 2.26 bits per heavy atom. The first-order chi connectivity index (χ1) is 18.9. The molecule has 1 aliphatic rings. The molecule has 5 rings (SSSR count). The molecule has 1 aromatic heterocycles. The number of ether oxygens (including phenoxy) is 1. The van der Waals surface area contributed by atoms with Crippen molar-refractivity contribution in [2.24, 2.45) is 0 Å². The predicted octanol–water partition coefficient (Wildman–Crippen LogP) is 6.41. The lowest BCUT2D eigenvalue weighted by Gasteiger charge is -2.34. The number of piperazine rings is 1. The van der Waals surface area contributed by atoms with Crippen LogP contribution < -0.4 is 10.1 Å². The maximum atomic E-state index is 13.8. The third kappa shape index (κ3) is 5.49. The summed E-state index contributed by atoms with van der Waals surface area (Å²) in [4.78, 5) is 30.1. The molecule has 1 N–H and O–H groups in total. The fourth-order valence-electron chi connectivity index (χ4n) is 4.88. The SMILES string of the molecule is COc1cccc(-c2cc(C(=O)N3CCN(C(=O)Nc4ccc(C)c(Cl)c4)CC3)c(C)n2-c2ccccc2)c1. The average molecular weight is 543 g/mol. The normalized spacial score (nSPS) is 13.3. The van der Waals surface area contributed by atoms with Gasteiger partial charge in [-0.15, -0.1) is 0 Å². The molecule has 0 atom stereocenters. The number of methoxy groups -OCH3 is 1. The molecule has 4 aromatic rings. The van der Waals surface area contributed by atoms with Crippen molar-refractivity contribution in [3.05, 3.63) is 101 Å². The molecule has 39 heavy (non-hydrogen) atoms. The average Bonchev–Trinajstić information content (AvgIpc) is 3.32. The molecule has 0 bridgehead atoms. The molecule has 1 aliphatic heterocycles. The highest BCUT2D eigenvalue weighted by Crippen LogP contribution is 2.32. The molecule has 7 nitrogen and oxygen atoms in total.